The highest BCUT2D eigenvalue weighted by molar-refractivity contribution is 5.95. The summed E-state index contributed by atoms with van der Waals surface area (Å²) in [6, 6.07) is 11.2. The van der Waals surface area contributed by atoms with Crippen LogP contribution in [0.4, 0.5) is 4.39 Å². The predicted octanol–water partition coefficient (Wildman–Crippen LogP) is 4.54. The lowest BCUT2D eigenvalue weighted by atomic mass is 9.98. The van der Waals surface area contributed by atoms with Gasteiger partial charge in [-0.1, -0.05) is 25.1 Å². The van der Waals surface area contributed by atoms with Crippen molar-refractivity contribution in [2.24, 2.45) is 0 Å². The molecule has 4 heteroatoms. The maximum atomic E-state index is 13.0. The summed E-state index contributed by atoms with van der Waals surface area (Å²) >= 11 is 0. The van der Waals surface area contributed by atoms with E-state index in [2.05, 4.69) is 5.32 Å². The molecule has 0 saturated heterocycles. The Morgan fingerprint density at radius 3 is 2.44 bits per heavy atom. The van der Waals surface area contributed by atoms with Crippen LogP contribution in [0.1, 0.15) is 59.8 Å². The molecule has 3 nitrogen and oxygen atoms in total. The van der Waals surface area contributed by atoms with Gasteiger partial charge in [0.25, 0.3) is 5.91 Å². The minimum Gasteiger partial charge on any atom is -0.346 e. The summed E-state index contributed by atoms with van der Waals surface area (Å²) in [5.41, 5.74) is 3.26. The van der Waals surface area contributed by atoms with Crippen LogP contribution in [-0.2, 0) is 11.2 Å². The smallest absolute Gasteiger partial charge is 0.251 e. The number of nitrogens with one attached hydrogen (secondary N) is 1. The number of carbonyl (C=O) groups is 2. The molecule has 2 rings (SSSR count). The molecule has 0 aliphatic rings. The van der Waals surface area contributed by atoms with Gasteiger partial charge in [-0.05, 0) is 61.2 Å². The van der Waals surface area contributed by atoms with E-state index in [1.54, 1.807) is 24.3 Å². The topological polar surface area (TPSA) is 46.2 Å². The summed E-state index contributed by atoms with van der Waals surface area (Å²) in [4.78, 5) is 24.4. The second-order valence-corrected chi connectivity index (χ2v) is 6.35. The van der Waals surface area contributed by atoms with Crippen LogP contribution in [0.3, 0.4) is 0 Å². The second-order valence-electron chi connectivity index (χ2n) is 6.35. The lowest BCUT2D eigenvalue weighted by molar-refractivity contribution is -0.118. The number of hydrogen-bond acceptors (Lipinski definition) is 2. The Bertz CT molecular complexity index is 753. The van der Waals surface area contributed by atoms with Gasteiger partial charge in [-0.3, -0.25) is 9.59 Å². The van der Waals surface area contributed by atoms with Crippen LogP contribution in [-0.4, -0.2) is 11.7 Å². The van der Waals surface area contributed by atoms with E-state index in [-0.39, 0.29) is 23.5 Å². The van der Waals surface area contributed by atoms with E-state index in [1.807, 2.05) is 26.8 Å². The Morgan fingerprint density at radius 1 is 1.12 bits per heavy atom. The average molecular weight is 341 g/mol. The number of amides is 1. The summed E-state index contributed by atoms with van der Waals surface area (Å²) in [6.07, 6.45) is 1.74. The number of carbonyl (C=O) groups excluding carboxylic acids is 2. The van der Waals surface area contributed by atoms with Crippen LogP contribution in [0.25, 0.3) is 0 Å². The summed E-state index contributed by atoms with van der Waals surface area (Å²) in [5.74, 6) is -0.328. The molecule has 0 aliphatic heterocycles. The van der Waals surface area contributed by atoms with E-state index >= 15 is 0 Å². The number of benzene rings is 2. The zero-order valence-corrected chi connectivity index (χ0v) is 14.9. The van der Waals surface area contributed by atoms with Gasteiger partial charge in [0.15, 0.2) is 0 Å². The lowest BCUT2D eigenvalue weighted by Gasteiger charge is -2.15. The lowest BCUT2D eigenvalue weighted by Crippen LogP contribution is -2.26. The summed E-state index contributed by atoms with van der Waals surface area (Å²) in [7, 11) is 0. The first-order valence-electron chi connectivity index (χ1n) is 8.58. The Balaban J connectivity index is 2.10. The van der Waals surface area contributed by atoms with Gasteiger partial charge in [-0.15, -0.1) is 0 Å². The number of hydrogen-bond donors (Lipinski definition) is 1. The van der Waals surface area contributed by atoms with Crippen LogP contribution >= 0.6 is 0 Å². The number of halogens is 1. The fraction of sp³-hybridized carbons (Fsp3) is 0.333. The van der Waals surface area contributed by atoms with Crippen molar-refractivity contribution < 1.29 is 14.0 Å². The first-order valence-corrected chi connectivity index (χ1v) is 8.58. The van der Waals surface area contributed by atoms with E-state index in [9.17, 15) is 14.0 Å². The molecule has 0 spiro atoms. The van der Waals surface area contributed by atoms with Crippen molar-refractivity contribution in [2.75, 3.05) is 0 Å². The maximum Gasteiger partial charge on any atom is 0.251 e. The molecule has 0 heterocycles. The minimum absolute atomic E-state index is 0.183. The van der Waals surface area contributed by atoms with E-state index in [1.165, 1.54) is 12.1 Å². The Kier molecular flexibility index (Phi) is 6.45. The Labute approximate surface area is 148 Å². The molecule has 2 aromatic rings. The van der Waals surface area contributed by atoms with Crippen molar-refractivity contribution in [3.8, 4) is 0 Å². The van der Waals surface area contributed by atoms with Gasteiger partial charge in [0.2, 0.25) is 0 Å². The van der Waals surface area contributed by atoms with E-state index in [0.717, 1.165) is 23.1 Å². The molecule has 1 N–H and O–H groups in total. The molecule has 25 heavy (non-hydrogen) atoms. The van der Waals surface area contributed by atoms with Gasteiger partial charge in [-0.25, -0.2) is 4.39 Å². The van der Waals surface area contributed by atoms with Crippen molar-refractivity contribution in [2.45, 2.75) is 46.1 Å². The van der Waals surface area contributed by atoms with E-state index in [4.69, 9.17) is 0 Å². The fourth-order valence-corrected chi connectivity index (χ4v) is 2.70. The van der Waals surface area contributed by atoms with E-state index < -0.39 is 0 Å². The molecule has 0 radical (unpaired) electrons. The third kappa shape index (κ3) is 5.24. The molecule has 132 valence electrons. The second kappa shape index (κ2) is 8.56. The number of rotatable bonds is 7. The summed E-state index contributed by atoms with van der Waals surface area (Å²) in [5, 5.41) is 2.91. The molecule has 0 unspecified atom stereocenters. The molecule has 1 amide bonds. The third-order valence-corrected chi connectivity index (χ3v) is 4.25. The van der Waals surface area contributed by atoms with Gasteiger partial charge in [-0.2, -0.15) is 0 Å². The zero-order valence-electron chi connectivity index (χ0n) is 14.9. The first kappa shape index (κ1) is 18.8. The molecule has 0 bridgehead atoms. The monoisotopic (exact) mass is 341 g/mol. The van der Waals surface area contributed by atoms with Crippen LogP contribution in [0.2, 0.25) is 0 Å². The molecular formula is C21H24FNO2. The van der Waals surface area contributed by atoms with Crippen LogP contribution in [0.15, 0.2) is 42.5 Å². The van der Waals surface area contributed by atoms with Gasteiger partial charge in [0.05, 0.1) is 6.04 Å². The molecule has 0 aromatic heterocycles. The van der Waals surface area contributed by atoms with Gasteiger partial charge < -0.3 is 5.32 Å². The van der Waals surface area contributed by atoms with Crippen LogP contribution < -0.4 is 5.32 Å². The van der Waals surface area contributed by atoms with Gasteiger partial charge in [0.1, 0.15) is 11.6 Å². The normalized spacial score (nSPS) is 11.8. The summed E-state index contributed by atoms with van der Waals surface area (Å²) < 4.78 is 13.0. The largest absolute Gasteiger partial charge is 0.346 e. The number of Topliss-reactive ketones (excluding diaryl/α,β-unsaturated/α-hetero) is 1. The minimum atomic E-state index is -0.304. The van der Waals surface area contributed by atoms with Crippen molar-refractivity contribution in [3.63, 3.8) is 0 Å². The number of aryl methyl sites for hydroxylation is 1. The quantitative estimate of drug-likeness (QED) is 0.804. The summed E-state index contributed by atoms with van der Waals surface area (Å²) in [6.45, 7) is 5.77. The van der Waals surface area contributed by atoms with Crippen molar-refractivity contribution in [1.82, 2.24) is 5.32 Å². The van der Waals surface area contributed by atoms with Crippen LogP contribution in [0, 0.1) is 12.7 Å². The van der Waals surface area contributed by atoms with Gasteiger partial charge >= 0.3 is 0 Å². The molecule has 1 atom stereocenters. The molecule has 0 saturated carbocycles. The third-order valence-electron chi connectivity index (χ3n) is 4.25. The Morgan fingerprint density at radius 2 is 1.80 bits per heavy atom. The highest BCUT2D eigenvalue weighted by atomic mass is 19.1. The highest BCUT2D eigenvalue weighted by Crippen LogP contribution is 2.16. The number of ketones is 1. The maximum absolute atomic E-state index is 13.0. The molecular weight excluding hydrogens is 317 g/mol. The fourth-order valence-electron chi connectivity index (χ4n) is 2.70. The van der Waals surface area contributed by atoms with Crippen molar-refractivity contribution in [3.05, 3.63) is 70.5 Å². The average Bonchev–Trinajstić information content (AvgIpc) is 2.57. The van der Waals surface area contributed by atoms with Crippen molar-refractivity contribution in [1.29, 1.82) is 0 Å². The molecule has 0 aliphatic carbocycles. The standard InChI is InChI=1S/C21H24FNO2/c1-4-5-20(24)13-18-12-17(7-6-14(18)2)21(25)23-15(3)16-8-10-19(22)11-9-16/h6-12,15H,4-5,13H2,1-3H3,(H,23,25)/t15-/m1/s1. The predicted molar refractivity (Wildman–Crippen MR) is 97.1 cm³/mol. The zero-order chi connectivity index (χ0) is 18.4. The van der Waals surface area contributed by atoms with Crippen LogP contribution in [0.5, 0.6) is 0 Å². The highest BCUT2D eigenvalue weighted by Gasteiger charge is 2.14. The molecule has 0 fully saturated rings. The Hall–Kier alpha value is -2.49. The van der Waals surface area contributed by atoms with Crippen molar-refractivity contribution >= 4 is 11.7 Å². The van der Waals surface area contributed by atoms with Gasteiger partial charge in [0, 0.05) is 18.4 Å². The SMILES string of the molecule is CCCC(=O)Cc1cc(C(=O)N[C@H](C)c2ccc(F)cc2)ccc1C. The first-order chi connectivity index (χ1) is 11.9. The van der Waals surface area contributed by atoms with E-state index in [0.29, 0.717) is 18.4 Å². The molecule has 2 aromatic carbocycles.